The van der Waals surface area contributed by atoms with Gasteiger partial charge in [0.2, 0.25) is 0 Å². The Bertz CT molecular complexity index is 179. The van der Waals surface area contributed by atoms with Gasteiger partial charge >= 0.3 is 0 Å². The number of alkyl halides is 2. The first-order chi connectivity index (χ1) is 6.33. The first-order valence-electron chi connectivity index (χ1n) is 5.70. The Morgan fingerprint density at radius 1 is 1.14 bits per heavy atom. The van der Waals surface area contributed by atoms with Gasteiger partial charge in [-0.3, -0.25) is 0 Å². The maximum Gasteiger partial charge on any atom is 0.251 e. The fourth-order valence-corrected chi connectivity index (χ4v) is 2.26. The van der Waals surface area contributed by atoms with E-state index in [4.69, 9.17) is 0 Å². The molecule has 0 bridgehead atoms. The monoisotopic (exact) mass is 204 g/mol. The van der Waals surface area contributed by atoms with Gasteiger partial charge in [-0.25, -0.2) is 8.78 Å². The maximum atomic E-state index is 13.6. The SMILES string of the molecule is CC(C)CC(F)(F)C1CC(C(C)C)C1. The van der Waals surface area contributed by atoms with Crippen LogP contribution in [0.25, 0.3) is 0 Å². The minimum Gasteiger partial charge on any atom is -0.207 e. The molecule has 0 spiro atoms. The molecular weight excluding hydrogens is 182 g/mol. The second-order valence-electron chi connectivity index (χ2n) is 5.53. The Kier molecular flexibility index (Phi) is 3.54. The summed E-state index contributed by atoms with van der Waals surface area (Å²) in [5.74, 6) is -1.54. The van der Waals surface area contributed by atoms with Gasteiger partial charge in [-0.15, -0.1) is 0 Å². The smallest absolute Gasteiger partial charge is 0.207 e. The van der Waals surface area contributed by atoms with Crippen molar-refractivity contribution in [3.8, 4) is 0 Å². The number of hydrogen-bond acceptors (Lipinski definition) is 0. The third-order valence-electron chi connectivity index (χ3n) is 3.40. The number of hydrogen-bond donors (Lipinski definition) is 0. The summed E-state index contributed by atoms with van der Waals surface area (Å²) in [4.78, 5) is 0. The molecule has 0 heterocycles. The average molecular weight is 204 g/mol. The summed E-state index contributed by atoms with van der Waals surface area (Å²) in [6.45, 7) is 7.99. The van der Waals surface area contributed by atoms with Gasteiger partial charge in [-0.2, -0.15) is 0 Å². The standard InChI is InChI=1S/C12H22F2/c1-8(2)7-12(13,14)11-5-10(6-11)9(3)4/h8-11H,5-7H2,1-4H3. The molecule has 0 atom stereocenters. The average Bonchev–Trinajstić information content (AvgIpc) is 1.75. The fourth-order valence-electron chi connectivity index (χ4n) is 2.26. The Balaban J connectivity index is 2.37. The van der Waals surface area contributed by atoms with E-state index in [0.717, 1.165) is 12.8 Å². The van der Waals surface area contributed by atoms with Gasteiger partial charge in [0.15, 0.2) is 0 Å². The maximum absolute atomic E-state index is 13.6. The largest absolute Gasteiger partial charge is 0.251 e. The lowest BCUT2D eigenvalue weighted by Crippen LogP contribution is -2.41. The minimum absolute atomic E-state index is 0.0580. The van der Waals surface area contributed by atoms with Crippen molar-refractivity contribution in [1.82, 2.24) is 0 Å². The molecule has 0 N–H and O–H groups in total. The van der Waals surface area contributed by atoms with Crippen molar-refractivity contribution in [3.63, 3.8) is 0 Å². The van der Waals surface area contributed by atoms with Crippen molar-refractivity contribution in [2.24, 2.45) is 23.7 Å². The lowest BCUT2D eigenvalue weighted by Gasteiger charge is -2.42. The van der Waals surface area contributed by atoms with Crippen LogP contribution in [0.1, 0.15) is 47.0 Å². The molecule has 0 radical (unpaired) electrons. The predicted molar refractivity (Wildman–Crippen MR) is 55.5 cm³/mol. The van der Waals surface area contributed by atoms with E-state index in [9.17, 15) is 8.78 Å². The normalized spacial score (nSPS) is 28.3. The van der Waals surface area contributed by atoms with E-state index in [1.165, 1.54) is 0 Å². The fraction of sp³-hybridized carbons (Fsp3) is 1.00. The van der Waals surface area contributed by atoms with Crippen LogP contribution in [0.15, 0.2) is 0 Å². The Morgan fingerprint density at radius 2 is 1.64 bits per heavy atom. The van der Waals surface area contributed by atoms with Crippen molar-refractivity contribution in [2.75, 3.05) is 0 Å². The lowest BCUT2D eigenvalue weighted by atomic mass is 9.66. The lowest BCUT2D eigenvalue weighted by molar-refractivity contribution is -0.124. The van der Waals surface area contributed by atoms with Crippen LogP contribution in [0.2, 0.25) is 0 Å². The van der Waals surface area contributed by atoms with Crippen LogP contribution >= 0.6 is 0 Å². The van der Waals surface area contributed by atoms with Crippen LogP contribution in [0.4, 0.5) is 8.78 Å². The highest BCUT2D eigenvalue weighted by atomic mass is 19.3. The van der Waals surface area contributed by atoms with Crippen LogP contribution < -0.4 is 0 Å². The summed E-state index contributed by atoms with van der Waals surface area (Å²) in [5, 5.41) is 0. The van der Waals surface area contributed by atoms with E-state index in [-0.39, 0.29) is 18.3 Å². The molecule has 0 aromatic carbocycles. The van der Waals surface area contributed by atoms with Crippen molar-refractivity contribution < 1.29 is 8.78 Å². The predicted octanol–water partition coefficient (Wildman–Crippen LogP) is 4.35. The highest BCUT2D eigenvalue weighted by Gasteiger charge is 2.47. The summed E-state index contributed by atoms with van der Waals surface area (Å²) >= 11 is 0. The molecule has 1 aliphatic rings. The van der Waals surface area contributed by atoms with Crippen LogP contribution in [-0.2, 0) is 0 Å². The molecule has 1 aliphatic carbocycles. The molecule has 0 aromatic heterocycles. The minimum atomic E-state index is -2.42. The van der Waals surface area contributed by atoms with Crippen LogP contribution in [0.3, 0.4) is 0 Å². The second-order valence-corrected chi connectivity index (χ2v) is 5.53. The van der Waals surface area contributed by atoms with Gasteiger partial charge < -0.3 is 0 Å². The van der Waals surface area contributed by atoms with Gasteiger partial charge in [0.25, 0.3) is 5.92 Å². The van der Waals surface area contributed by atoms with Crippen molar-refractivity contribution in [3.05, 3.63) is 0 Å². The van der Waals surface area contributed by atoms with Gasteiger partial charge in [0.05, 0.1) is 0 Å². The third kappa shape index (κ3) is 2.68. The van der Waals surface area contributed by atoms with Gasteiger partial charge in [0.1, 0.15) is 0 Å². The molecule has 0 saturated heterocycles. The molecule has 14 heavy (non-hydrogen) atoms. The van der Waals surface area contributed by atoms with Crippen LogP contribution in [0, 0.1) is 23.7 Å². The molecule has 0 unspecified atom stereocenters. The summed E-state index contributed by atoms with van der Waals surface area (Å²) in [5.41, 5.74) is 0. The summed E-state index contributed by atoms with van der Waals surface area (Å²) < 4.78 is 27.1. The topological polar surface area (TPSA) is 0 Å². The van der Waals surface area contributed by atoms with Crippen LogP contribution in [-0.4, -0.2) is 5.92 Å². The first-order valence-corrected chi connectivity index (χ1v) is 5.70. The molecular formula is C12H22F2. The summed E-state index contributed by atoms with van der Waals surface area (Å²) in [6.07, 6.45) is 1.53. The van der Waals surface area contributed by atoms with E-state index in [2.05, 4.69) is 13.8 Å². The second kappa shape index (κ2) is 4.16. The van der Waals surface area contributed by atoms with Crippen molar-refractivity contribution >= 4 is 0 Å². The first kappa shape index (κ1) is 11.9. The molecule has 0 aromatic rings. The quantitative estimate of drug-likeness (QED) is 0.638. The van der Waals surface area contributed by atoms with Crippen molar-refractivity contribution in [2.45, 2.75) is 52.9 Å². The van der Waals surface area contributed by atoms with Gasteiger partial charge in [-0.05, 0) is 30.6 Å². The highest BCUT2D eigenvalue weighted by Crippen LogP contribution is 2.48. The molecule has 1 saturated carbocycles. The summed E-state index contributed by atoms with van der Waals surface area (Å²) in [6, 6.07) is 0. The van der Waals surface area contributed by atoms with E-state index < -0.39 is 5.92 Å². The zero-order valence-electron chi connectivity index (χ0n) is 9.69. The molecule has 0 nitrogen and oxygen atoms in total. The molecule has 0 amide bonds. The van der Waals surface area contributed by atoms with E-state index in [1.54, 1.807) is 0 Å². The summed E-state index contributed by atoms with van der Waals surface area (Å²) in [7, 11) is 0. The Labute approximate surface area is 86.1 Å². The van der Waals surface area contributed by atoms with E-state index in [0.29, 0.717) is 11.8 Å². The third-order valence-corrected chi connectivity index (χ3v) is 3.40. The van der Waals surface area contributed by atoms with Gasteiger partial charge in [0, 0.05) is 12.3 Å². The van der Waals surface area contributed by atoms with Crippen molar-refractivity contribution in [1.29, 1.82) is 0 Å². The van der Waals surface area contributed by atoms with E-state index >= 15 is 0 Å². The zero-order valence-corrected chi connectivity index (χ0v) is 9.69. The molecule has 84 valence electrons. The molecule has 2 heteroatoms. The Morgan fingerprint density at radius 3 is 2.00 bits per heavy atom. The zero-order chi connectivity index (χ0) is 10.9. The van der Waals surface area contributed by atoms with Crippen LogP contribution in [0.5, 0.6) is 0 Å². The van der Waals surface area contributed by atoms with Gasteiger partial charge in [-0.1, -0.05) is 27.7 Å². The highest BCUT2D eigenvalue weighted by molar-refractivity contribution is 4.90. The van der Waals surface area contributed by atoms with E-state index in [1.807, 2.05) is 13.8 Å². The number of halogens is 2. The molecule has 1 fully saturated rings. The molecule has 1 rings (SSSR count). The number of rotatable bonds is 4. The molecule has 0 aliphatic heterocycles. The Hall–Kier alpha value is -0.140.